The summed E-state index contributed by atoms with van der Waals surface area (Å²) in [5, 5.41) is 0. The van der Waals surface area contributed by atoms with E-state index in [0.717, 1.165) is 31.2 Å². The molecular formula is C23H29NO2. The topological polar surface area (TPSA) is 29.5 Å². The lowest BCUT2D eigenvalue weighted by atomic mass is 9.81. The summed E-state index contributed by atoms with van der Waals surface area (Å²) in [5.41, 5.74) is 2.53. The second-order valence-electron chi connectivity index (χ2n) is 7.30. The molecule has 2 aromatic carbocycles. The van der Waals surface area contributed by atoms with Crippen LogP contribution >= 0.6 is 0 Å². The Hall–Kier alpha value is -2.13. The van der Waals surface area contributed by atoms with Gasteiger partial charge in [0, 0.05) is 13.1 Å². The van der Waals surface area contributed by atoms with E-state index in [1.54, 1.807) is 0 Å². The van der Waals surface area contributed by atoms with Crippen molar-refractivity contribution in [3.05, 3.63) is 71.8 Å². The van der Waals surface area contributed by atoms with Gasteiger partial charge in [0.2, 0.25) is 0 Å². The standard InChI is InChI=1S/C23H29NO2/c1-18(26-17-19-9-5-3-6-10-19)23(25)24(2)22-15-13-21(14-16-22)20-11-7-4-8-12-20/h3-12,18,21-22H,13-17H2,1-2H3. The summed E-state index contributed by atoms with van der Waals surface area (Å²) >= 11 is 0. The van der Waals surface area contributed by atoms with Crippen molar-refractivity contribution in [3.63, 3.8) is 0 Å². The van der Waals surface area contributed by atoms with E-state index in [1.807, 2.05) is 49.2 Å². The molecule has 3 heteroatoms. The molecule has 1 amide bonds. The second-order valence-corrected chi connectivity index (χ2v) is 7.30. The van der Waals surface area contributed by atoms with Crippen molar-refractivity contribution in [3.8, 4) is 0 Å². The van der Waals surface area contributed by atoms with Crippen LogP contribution in [0.4, 0.5) is 0 Å². The molecule has 3 rings (SSSR count). The van der Waals surface area contributed by atoms with Crippen molar-refractivity contribution >= 4 is 5.91 Å². The Morgan fingerprint density at radius 2 is 1.58 bits per heavy atom. The number of hydrogen-bond acceptors (Lipinski definition) is 2. The second kappa shape index (κ2) is 9.00. The van der Waals surface area contributed by atoms with Gasteiger partial charge >= 0.3 is 0 Å². The summed E-state index contributed by atoms with van der Waals surface area (Å²) in [7, 11) is 1.93. The van der Waals surface area contributed by atoms with Gasteiger partial charge in [-0.1, -0.05) is 60.7 Å². The van der Waals surface area contributed by atoms with Gasteiger partial charge in [-0.05, 0) is 49.7 Å². The van der Waals surface area contributed by atoms with Gasteiger partial charge in [-0.15, -0.1) is 0 Å². The van der Waals surface area contributed by atoms with Crippen LogP contribution in [0, 0.1) is 0 Å². The van der Waals surface area contributed by atoms with Gasteiger partial charge < -0.3 is 9.64 Å². The minimum atomic E-state index is -0.410. The van der Waals surface area contributed by atoms with Gasteiger partial charge in [-0.3, -0.25) is 4.79 Å². The van der Waals surface area contributed by atoms with Crippen LogP contribution in [0.15, 0.2) is 60.7 Å². The van der Waals surface area contributed by atoms with Crippen molar-refractivity contribution in [2.75, 3.05) is 7.05 Å². The first-order valence-corrected chi connectivity index (χ1v) is 9.62. The molecule has 0 heterocycles. The fraction of sp³-hybridized carbons (Fsp3) is 0.435. The minimum Gasteiger partial charge on any atom is -0.364 e. The summed E-state index contributed by atoms with van der Waals surface area (Å²) < 4.78 is 5.80. The third-order valence-corrected chi connectivity index (χ3v) is 5.55. The number of benzene rings is 2. The lowest BCUT2D eigenvalue weighted by Crippen LogP contribution is -2.44. The first-order chi connectivity index (χ1) is 12.6. The fourth-order valence-electron chi connectivity index (χ4n) is 3.86. The highest BCUT2D eigenvalue weighted by atomic mass is 16.5. The van der Waals surface area contributed by atoms with E-state index in [1.165, 1.54) is 5.56 Å². The van der Waals surface area contributed by atoms with Crippen LogP contribution in [0.2, 0.25) is 0 Å². The Morgan fingerprint density at radius 3 is 2.19 bits per heavy atom. The quantitative estimate of drug-likeness (QED) is 0.750. The van der Waals surface area contributed by atoms with Crippen molar-refractivity contribution in [2.45, 2.75) is 57.3 Å². The van der Waals surface area contributed by atoms with E-state index >= 15 is 0 Å². The highest BCUT2D eigenvalue weighted by Gasteiger charge is 2.29. The fourth-order valence-corrected chi connectivity index (χ4v) is 3.86. The van der Waals surface area contributed by atoms with E-state index in [0.29, 0.717) is 18.6 Å². The van der Waals surface area contributed by atoms with E-state index < -0.39 is 6.10 Å². The normalized spacial score (nSPS) is 21.2. The number of nitrogens with zero attached hydrogens (tertiary/aromatic N) is 1. The summed E-state index contributed by atoms with van der Waals surface area (Å²) in [5.74, 6) is 0.715. The van der Waals surface area contributed by atoms with Crippen LogP contribution in [0.1, 0.15) is 49.7 Å². The largest absolute Gasteiger partial charge is 0.364 e. The number of likely N-dealkylation sites (N-methyl/N-ethyl adjacent to an activating group) is 1. The molecule has 26 heavy (non-hydrogen) atoms. The molecule has 1 saturated carbocycles. The zero-order valence-corrected chi connectivity index (χ0v) is 15.8. The SMILES string of the molecule is CC(OCc1ccccc1)C(=O)N(C)C1CCC(c2ccccc2)CC1. The van der Waals surface area contributed by atoms with Crippen LogP contribution < -0.4 is 0 Å². The highest BCUT2D eigenvalue weighted by Crippen LogP contribution is 2.34. The van der Waals surface area contributed by atoms with Gasteiger partial charge in [-0.2, -0.15) is 0 Å². The predicted molar refractivity (Wildman–Crippen MR) is 105 cm³/mol. The van der Waals surface area contributed by atoms with Gasteiger partial charge in [0.15, 0.2) is 0 Å². The minimum absolute atomic E-state index is 0.0871. The van der Waals surface area contributed by atoms with Gasteiger partial charge in [0.25, 0.3) is 5.91 Å². The van der Waals surface area contributed by atoms with E-state index in [2.05, 4.69) is 30.3 Å². The van der Waals surface area contributed by atoms with Crippen molar-refractivity contribution in [1.82, 2.24) is 4.90 Å². The Kier molecular flexibility index (Phi) is 6.45. The molecule has 3 nitrogen and oxygen atoms in total. The molecule has 0 N–H and O–H groups in total. The Morgan fingerprint density at radius 1 is 1.00 bits per heavy atom. The summed E-state index contributed by atoms with van der Waals surface area (Å²) in [6, 6.07) is 21.1. The molecule has 1 aliphatic carbocycles. The molecule has 0 spiro atoms. The van der Waals surface area contributed by atoms with Crippen LogP contribution in [0.3, 0.4) is 0 Å². The number of amides is 1. The monoisotopic (exact) mass is 351 g/mol. The zero-order valence-electron chi connectivity index (χ0n) is 15.8. The van der Waals surface area contributed by atoms with Crippen LogP contribution in [0.25, 0.3) is 0 Å². The van der Waals surface area contributed by atoms with Crippen LogP contribution in [-0.2, 0) is 16.1 Å². The van der Waals surface area contributed by atoms with Gasteiger partial charge in [0.1, 0.15) is 6.10 Å². The van der Waals surface area contributed by atoms with E-state index in [9.17, 15) is 4.79 Å². The third-order valence-electron chi connectivity index (χ3n) is 5.55. The summed E-state index contributed by atoms with van der Waals surface area (Å²) in [6.07, 6.45) is 4.00. The lowest BCUT2D eigenvalue weighted by molar-refractivity contribution is -0.144. The first kappa shape index (κ1) is 18.7. The van der Waals surface area contributed by atoms with Crippen molar-refractivity contribution in [2.24, 2.45) is 0 Å². The maximum absolute atomic E-state index is 12.7. The number of hydrogen-bond donors (Lipinski definition) is 0. The summed E-state index contributed by atoms with van der Waals surface area (Å²) in [4.78, 5) is 14.6. The number of ether oxygens (including phenoxy) is 1. The predicted octanol–water partition coefficient (Wildman–Crippen LogP) is 4.78. The van der Waals surface area contributed by atoms with Crippen molar-refractivity contribution < 1.29 is 9.53 Å². The maximum atomic E-state index is 12.7. The van der Waals surface area contributed by atoms with Gasteiger partial charge in [-0.25, -0.2) is 0 Å². The average molecular weight is 351 g/mol. The average Bonchev–Trinajstić information content (AvgIpc) is 2.72. The molecule has 1 unspecified atom stereocenters. The van der Waals surface area contributed by atoms with Crippen molar-refractivity contribution in [1.29, 1.82) is 0 Å². The Labute approximate surface area is 157 Å². The molecule has 1 fully saturated rings. The molecule has 0 aliphatic heterocycles. The van der Waals surface area contributed by atoms with Crippen LogP contribution in [-0.4, -0.2) is 30.0 Å². The molecule has 1 aliphatic rings. The number of carbonyl (C=O) groups excluding carboxylic acids is 1. The Bertz CT molecular complexity index is 678. The molecular weight excluding hydrogens is 322 g/mol. The molecule has 2 aromatic rings. The van der Waals surface area contributed by atoms with Gasteiger partial charge in [0.05, 0.1) is 6.61 Å². The zero-order chi connectivity index (χ0) is 18.4. The molecule has 0 saturated heterocycles. The summed E-state index contributed by atoms with van der Waals surface area (Å²) in [6.45, 7) is 2.33. The Balaban J connectivity index is 1.48. The molecule has 0 aromatic heterocycles. The molecule has 138 valence electrons. The lowest BCUT2D eigenvalue weighted by Gasteiger charge is -2.36. The highest BCUT2D eigenvalue weighted by molar-refractivity contribution is 5.80. The molecule has 0 radical (unpaired) electrons. The maximum Gasteiger partial charge on any atom is 0.251 e. The number of rotatable bonds is 6. The molecule has 1 atom stereocenters. The van der Waals surface area contributed by atoms with Crippen LogP contribution in [0.5, 0.6) is 0 Å². The van der Waals surface area contributed by atoms with E-state index in [4.69, 9.17) is 4.74 Å². The third kappa shape index (κ3) is 4.73. The molecule has 0 bridgehead atoms. The first-order valence-electron chi connectivity index (χ1n) is 9.62. The van der Waals surface area contributed by atoms with E-state index in [-0.39, 0.29) is 5.91 Å². The smallest absolute Gasteiger partial charge is 0.251 e. The number of carbonyl (C=O) groups is 1.